The maximum absolute atomic E-state index is 12.2. The van der Waals surface area contributed by atoms with Crippen LogP contribution in [0.15, 0.2) is 72.8 Å². The summed E-state index contributed by atoms with van der Waals surface area (Å²) in [6.07, 6.45) is 0.819. The van der Waals surface area contributed by atoms with Crippen molar-refractivity contribution in [2.75, 3.05) is 11.9 Å². The molecule has 3 aromatic rings. The summed E-state index contributed by atoms with van der Waals surface area (Å²) < 4.78 is 0. The van der Waals surface area contributed by atoms with E-state index in [4.69, 9.17) is 11.7 Å². The molecular weight excluding hydrogens is 426 g/mol. The maximum Gasteiger partial charge on any atom is 0.305 e. The third kappa shape index (κ3) is 6.94. The lowest BCUT2D eigenvalue weighted by atomic mass is 9.95. The second-order valence-corrected chi connectivity index (χ2v) is 8.58. The number of anilines is 1. The summed E-state index contributed by atoms with van der Waals surface area (Å²) in [5.41, 5.74) is 5.36. The van der Waals surface area contributed by atoms with Crippen molar-refractivity contribution in [1.82, 2.24) is 5.32 Å². The molecule has 6 heteroatoms. The molecule has 0 fully saturated rings. The summed E-state index contributed by atoms with van der Waals surface area (Å²) in [7, 11) is 0. The Morgan fingerprint density at radius 1 is 0.912 bits per heavy atom. The Balaban J connectivity index is 1.70. The molecule has 0 aliphatic heterocycles. The summed E-state index contributed by atoms with van der Waals surface area (Å²) in [5.74, 6) is -0.748. The highest BCUT2D eigenvalue weighted by molar-refractivity contribution is 5.94. The minimum atomic E-state index is -0.940. The number of carboxylic acid groups (broad SMARTS) is 1. The Labute approximate surface area is 200 Å². The molecule has 0 saturated heterocycles. The lowest BCUT2D eigenvalue weighted by Crippen LogP contribution is -2.26. The standard InChI is InChI=1S/C28H29N3O3/c1-19(2)18-26(22-4-6-23(7-5-22)28(34)30-17-16-27(32)33)31-25-14-10-21(11-15-25)20-8-12-24(29-3)13-9-20/h4-15,19,26,31H,16-18H2,1-2H3,(H,30,34)(H,32,33). The van der Waals surface area contributed by atoms with E-state index in [1.807, 2.05) is 36.4 Å². The van der Waals surface area contributed by atoms with E-state index < -0.39 is 5.97 Å². The SMILES string of the molecule is [C-]#[N+]c1ccc(-c2ccc(NC(CC(C)C)c3ccc(C(=O)NCCC(=O)O)cc3)cc2)cc1. The van der Waals surface area contributed by atoms with Crippen molar-refractivity contribution in [1.29, 1.82) is 0 Å². The average molecular weight is 456 g/mol. The molecule has 0 aromatic heterocycles. The van der Waals surface area contributed by atoms with Crippen LogP contribution in [0.4, 0.5) is 11.4 Å². The molecular formula is C28H29N3O3. The summed E-state index contributed by atoms with van der Waals surface area (Å²) in [4.78, 5) is 26.3. The number of carboxylic acids is 1. The van der Waals surface area contributed by atoms with E-state index in [1.54, 1.807) is 12.1 Å². The maximum atomic E-state index is 12.2. The minimum absolute atomic E-state index is 0.0768. The number of hydrogen-bond acceptors (Lipinski definition) is 3. The predicted molar refractivity (Wildman–Crippen MR) is 135 cm³/mol. The van der Waals surface area contributed by atoms with Crippen LogP contribution in [0.3, 0.4) is 0 Å². The van der Waals surface area contributed by atoms with Gasteiger partial charge in [0.15, 0.2) is 5.69 Å². The first-order chi connectivity index (χ1) is 16.4. The third-order valence-corrected chi connectivity index (χ3v) is 5.46. The van der Waals surface area contributed by atoms with Crippen LogP contribution >= 0.6 is 0 Å². The van der Waals surface area contributed by atoms with E-state index in [1.165, 1.54) is 0 Å². The van der Waals surface area contributed by atoms with Gasteiger partial charge in [-0.3, -0.25) is 9.59 Å². The van der Waals surface area contributed by atoms with Crippen molar-refractivity contribution in [3.8, 4) is 11.1 Å². The Morgan fingerprint density at radius 2 is 1.50 bits per heavy atom. The molecule has 3 N–H and O–H groups in total. The molecule has 0 saturated carbocycles. The van der Waals surface area contributed by atoms with E-state index in [0.717, 1.165) is 28.8 Å². The van der Waals surface area contributed by atoms with Crippen LogP contribution in [0.25, 0.3) is 16.0 Å². The van der Waals surface area contributed by atoms with Gasteiger partial charge in [0, 0.05) is 17.8 Å². The zero-order valence-corrected chi connectivity index (χ0v) is 19.4. The van der Waals surface area contributed by atoms with Gasteiger partial charge in [0.05, 0.1) is 19.0 Å². The van der Waals surface area contributed by atoms with Gasteiger partial charge in [0.2, 0.25) is 0 Å². The lowest BCUT2D eigenvalue weighted by molar-refractivity contribution is -0.136. The summed E-state index contributed by atoms with van der Waals surface area (Å²) in [6.45, 7) is 11.5. The Kier molecular flexibility index (Phi) is 8.42. The molecule has 6 nitrogen and oxygen atoms in total. The molecule has 0 aliphatic rings. The van der Waals surface area contributed by atoms with E-state index in [9.17, 15) is 9.59 Å². The molecule has 0 radical (unpaired) electrons. The Morgan fingerprint density at radius 3 is 2.03 bits per heavy atom. The van der Waals surface area contributed by atoms with Crippen molar-refractivity contribution in [2.45, 2.75) is 32.7 Å². The number of nitrogens with one attached hydrogen (secondary N) is 2. The van der Waals surface area contributed by atoms with Gasteiger partial charge in [0.1, 0.15) is 0 Å². The highest BCUT2D eigenvalue weighted by Crippen LogP contribution is 2.29. The van der Waals surface area contributed by atoms with Crippen LogP contribution in [-0.2, 0) is 4.79 Å². The van der Waals surface area contributed by atoms with Gasteiger partial charge < -0.3 is 15.7 Å². The number of nitrogens with zero attached hydrogens (tertiary/aromatic N) is 1. The average Bonchev–Trinajstić information content (AvgIpc) is 2.84. The lowest BCUT2D eigenvalue weighted by Gasteiger charge is -2.23. The van der Waals surface area contributed by atoms with E-state index in [0.29, 0.717) is 17.2 Å². The second kappa shape index (κ2) is 11.7. The minimum Gasteiger partial charge on any atom is -0.481 e. The van der Waals surface area contributed by atoms with E-state index in [-0.39, 0.29) is 24.9 Å². The van der Waals surface area contributed by atoms with Crippen LogP contribution in [0.2, 0.25) is 0 Å². The van der Waals surface area contributed by atoms with Crippen LogP contribution in [0.1, 0.15) is 48.7 Å². The monoisotopic (exact) mass is 455 g/mol. The molecule has 0 aliphatic carbocycles. The molecule has 0 bridgehead atoms. The van der Waals surface area contributed by atoms with Crippen LogP contribution in [0.5, 0.6) is 0 Å². The van der Waals surface area contributed by atoms with Crippen molar-refractivity contribution in [3.05, 3.63) is 95.3 Å². The van der Waals surface area contributed by atoms with E-state index >= 15 is 0 Å². The summed E-state index contributed by atoms with van der Waals surface area (Å²) >= 11 is 0. The van der Waals surface area contributed by atoms with Gasteiger partial charge in [-0.15, -0.1) is 0 Å². The topological polar surface area (TPSA) is 82.8 Å². The molecule has 1 atom stereocenters. The zero-order chi connectivity index (χ0) is 24.5. The van der Waals surface area contributed by atoms with Gasteiger partial charge in [-0.2, -0.15) is 0 Å². The zero-order valence-electron chi connectivity index (χ0n) is 19.4. The first-order valence-corrected chi connectivity index (χ1v) is 11.3. The normalized spacial score (nSPS) is 11.5. The van der Waals surface area contributed by atoms with Crippen molar-refractivity contribution in [2.24, 2.45) is 5.92 Å². The summed E-state index contributed by atoms with van der Waals surface area (Å²) in [6, 6.07) is 23.3. The quantitative estimate of drug-likeness (QED) is 0.313. The second-order valence-electron chi connectivity index (χ2n) is 8.58. The fourth-order valence-electron chi connectivity index (χ4n) is 3.69. The molecule has 3 aromatic carbocycles. The van der Waals surface area contributed by atoms with E-state index in [2.05, 4.69) is 53.6 Å². The number of rotatable bonds is 10. The molecule has 34 heavy (non-hydrogen) atoms. The fourth-order valence-corrected chi connectivity index (χ4v) is 3.69. The Bertz CT molecular complexity index is 1150. The third-order valence-electron chi connectivity index (χ3n) is 5.46. The number of amides is 1. The fraction of sp³-hybridized carbons (Fsp3) is 0.250. The van der Waals surface area contributed by atoms with Crippen LogP contribution in [0, 0.1) is 12.5 Å². The van der Waals surface area contributed by atoms with Crippen molar-refractivity contribution >= 4 is 23.3 Å². The van der Waals surface area contributed by atoms with Crippen LogP contribution in [-0.4, -0.2) is 23.5 Å². The highest BCUT2D eigenvalue weighted by atomic mass is 16.4. The molecule has 0 spiro atoms. The van der Waals surface area contributed by atoms with Crippen LogP contribution < -0.4 is 10.6 Å². The van der Waals surface area contributed by atoms with Crippen molar-refractivity contribution in [3.63, 3.8) is 0 Å². The number of aliphatic carboxylic acids is 1. The van der Waals surface area contributed by atoms with Gasteiger partial charge >= 0.3 is 5.97 Å². The summed E-state index contributed by atoms with van der Waals surface area (Å²) in [5, 5.41) is 15.0. The first kappa shape index (κ1) is 24.5. The molecule has 174 valence electrons. The smallest absolute Gasteiger partial charge is 0.305 e. The molecule has 1 unspecified atom stereocenters. The number of hydrogen-bond donors (Lipinski definition) is 3. The number of carbonyl (C=O) groups excluding carboxylic acids is 1. The highest BCUT2D eigenvalue weighted by Gasteiger charge is 2.15. The van der Waals surface area contributed by atoms with Gasteiger partial charge in [0.25, 0.3) is 5.91 Å². The number of carbonyl (C=O) groups is 2. The molecule has 0 heterocycles. The van der Waals surface area contributed by atoms with Gasteiger partial charge in [-0.05, 0) is 53.3 Å². The first-order valence-electron chi connectivity index (χ1n) is 11.3. The molecule has 3 rings (SSSR count). The van der Waals surface area contributed by atoms with Gasteiger partial charge in [-0.25, -0.2) is 4.85 Å². The predicted octanol–water partition coefficient (Wildman–Crippen LogP) is 6.31. The van der Waals surface area contributed by atoms with Crippen molar-refractivity contribution < 1.29 is 14.7 Å². The number of benzene rings is 3. The molecule has 1 amide bonds. The Hall–Kier alpha value is -4.11. The van der Waals surface area contributed by atoms with Gasteiger partial charge in [-0.1, -0.05) is 62.4 Å². The largest absolute Gasteiger partial charge is 0.481 e.